The van der Waals surface area contributed by atoms with E-state index in [0.29, 0.717) is 4.90 Å². The van der Waals surface area contributed by atoms with Crippen LogP contribution in [0.5, 0.6) is 0 Å². The van der Waals surface area contributed by atoms with Gasteiger partial charge in [0.2, 0.25) is 11.8 Å². The number of imide groups is 1. The van der Waals surface area contributed by atoms with Crippen molar-refractivity contribution in [2.45, 2.75) is 31.8 Å². The Morgan fingerprint density at radius 2 is 1.74 bits per heavy atom. The Hall–Kier alpha value is -1.61. The fourth-order valence-electron chi connectivity index (χ4n) is 1.36. The van der Waals surface area contributed by atoms with Gasteiger partial charge in [0, 0.05) is 19.1 Å². The summed E-state index contributed by atoms with van der Waals surface area (Å²) < 4.78 is 0. The number of carbonyl (C=O) groups is 4. The summed E-state index contributed by atoms with van der Waals surface area (Å²) in [5, 5.41) is 17.5. The van der Waals surface area contributed by atoms with Crippen LogP contribution in [-0.4, -0.2) is 56.7 Å². The van der Waals surface area contributed by atoms with E-state index in [1.54, 1.807) is 0 Å². The predicted molar refractivity (Wildman–Crippen MR) is 67.6 cm³/mol. The first-order valence-electron chi connectivity index (χ1n) is 5.37. The average Bonchev–Trinajstić information content (AvgIpc) is 2.30. The molecule has 4 N–H and O–H groups in total. The first-order valence-corrected chi connectivity index (χ1v) is 6.00. The van der Waals surface area contributed by atoms with Gasteiger partial charge < -0.3 is 15.9 Å². The van der Waals surface area contributed by atoms with Crippen molar-refractivity contribution in [1.29, 1.82) is 0 Å². The Bertz CT molecular complexity index is 386. The third-order valence-corrected chi connectivity index (χ3v) is 2.71. The molecule has 0 saturated carbocycles. The van der Waals surface area contributed by atoms with E-state index in [1.807, 2.05) is 0 Å². The zero-order chi connectivity index (χ0) is 15.2. The number of hydrogen-bond donors (Lipinski definition) is 4. The standard InChI is InChI=1S/C10H16N2O6S/c1-5(13)12(7(4-19)10(17)18)8(14)3-2-6(11)9(15)16/h6-7,19H,2-4,11H2,1H3,(H,15,16)(H,17,18)/t6-,7-/m0/s1. The van der Waals surface area contributed by atoms with Gasteiger partial charge in [0.25, 0.3) is 0 Å². The van der Waals surface area contributed by atoms with Gasteiger partial charge in [-0.15, -0.1) is 0 Å². The molecule has 0 aliphatic heterocycles. The van der Waals surface area contributed by atoms with E-state index in [-0.39, 0.29) is 18.6 Å². The third kappa shape index (κ3) is 5.26. The van der Waals surface area contributed by atoms with Crippen molar-refractivity contribution in [2.75, 3.05) is 5.75 Å². The van der Waals surface area contributed by atoms with E-state index in [4.69, 9.17) is 15.9 Å². The molecule has 108 valence electrons. The van der Waals surface area contributed by atoms with E-state index in [1.165, 1.54) is 0 Å². The van der Waals surface area contributed by atoms with Crippen LogP contribution in [0.15, 0.2) is 0 Å². The number of amides is 2. The lowest BCUT2D eigenvalue weighted by molar-refractivity contribution is -0.156. The van der Waals surface area contributed by atoms with E-state index in [9.17, 15) is 19.2 Å². The highest BCUT2D eigenvalue weighted by Crippen LogP contribution is 2.08. The van der Waals surface area contributed by atoms with Gasteiger partial charge >= 0.3 is 11.9 Å². The van der Waals surface area contributed by atoms with Gasteiger partial charge in [-0.1, -0.05) is 0 Å². The number of carbonyl (C=O) groups excluding carboxylic acids is 2. The summed E-state index contributed by atoms with van der Waals surface area (Å²) in [6.07, 6.45) is -0.512. The SMILES string of the molecule is CC(=O)N(C(=O)CC[C@H](N)C(=O)O)[C@@H](CS)C(=O)O. The Morgan fingerprint density at radius 3 is 2.05 bits per heavy atom. The molecular weight excluding hydrogens is 276 g/mol. The number of hydrogen-bond acceptors (Lipinski definition) is 6. The monoisotopic (exact) mass is 292 g/mol. The van der Waals surface area contributed by atoms with Crippen LogP contribution in [-0.2, 0) is 19.2 Å². The van der Waals surface area contributed by atoms with Gasteiger partial charge in [-0.2, -0.15) is 12.6 Å². The molecule has 8 nitrogen and oxygen atoms in total. The molecule has 9 heteroatoms. The number of nitrogens with zero attached hydrogens (tertiary/aromatic N) is 1. The molecule has 0 aliphatic carbocycles. The van der Waals surface area contributed by atoms with Crippen LogP contribution in [0.4, 0.5) is 0 Å². The molecule has 0 rings (SSSR count). The molecule has 0 heterocycles. The molecule has 0 radical (unpaired) electrons. The van der Waals surface area contributed by atoms with Gasteiger partial charge in [-0.25, -0.2) is 4.79 Å². The maximum Gasteiger partial charge on any atom is 0.327 e. The summed E-state index contributed by atoms with van der Waals surface area (Å²) >= 11 is 3.78. The van der Waals surface area contributed by atoms with Gasteiger partial charge in [0.15, 0.2) is 0 Å². The van der Waals surface area contributed by atoms with E-state index in [2.05, 4.69) is 12.6 Å². The second kappa shape index (κ2) is 7.74. The summed E-state index contributed by atoms with van der Waals surface area (Å²) in [4.78, 5) is 45.1. The normalized spacial score (nSPS) is 13.4. The number of carboxylic acid groups (broad SMARTS) is 2. The first kappa shape index (κ1) is 17.4. The molecule has 2 atom stereocenters. The van der Waals surface area contributed by atoms with Crippen LogP contribution in [0, 0.1) is 0 Å². The number of aliphatic carboxylic acids is 2. The lowest BCUT2D eigenvalue weighted by Crippen LogP contribution is -2.49. The lowest BCUT2D eigenvalue weighted by atomic mass is 10.1. The van der Waals surface area contributed by atoms with E-state index in [0.717, 1.165) is 6.92 Å². The van der Waals surface area contributed by atoms with Crippen LogP contribution in [0.25, 0.3) is 0 Å². The van der Waals surface area contributed by atoms with Crippen LogP contribution in [0.3, 0.4) is 0 Å². The molecule has 0 bridgehead atoms. The molecule has 0 aromatic rings. The van der Waals surface area contributed by atoms with Crippen molar-refractivity contribution in [3.63, 3.8) is 0 Å². The number of carboxylic acids is 2. The van der Waals surface area contributed by atoms with Crippen molar-refractivity contribution in [1.82, 2.24) is 4.90 Å². The first-order chi connectivity index (χ1) is 8.72. The van der Waals surface area contributed by atoms with Crippen molar-refractivity contribution in [3.8, 4) is 0 Å². The average molecular weight is 292 g/mol. The smallest absolute Gasteiger partial charge is 0.327 e. The van der Waals surface area contributed by atoms with Gasteiger partial charge in [0.1, 0.15) is 12.1 Å². The molecular formula is C10H16N2O6S. The van der Waals surface area contributed by atoms with Crippen LogP contribution >= 0.6 is 12.6 Å². The largest absolute Gasteiger partial charge is 0.480 e. The number of thiol groups is 1. The van der Waals surface area contributed by atoms with Crippen molar-refractivity contribution in [2.24, 2.45) is 5.73 Å². The summed E-state index contributed by atoms with van der Waals surface area (Å²) in [6.45, 7) is 1.05. The molecule has 2 amide bonds. The number of rotatable bonds is 7. The molecule has 0 fully saturated rings. The van der Waals surface area contributed by atoms with Crippen molar-refractivity contribution < 1.29 is 29.4 Å². The Kier molecular flexibility index (Phi) is 7.09. The molecule has 0 saturated heterocycles. The minimum absolute atomic E-state index is 0.184. The zero-order valence-electron chi connectivity index (χ0n) is 10.3. The fraction of sp³-hybridized carbons (Fsp3) is 0.600. The summed E-state index contributed by atoms with van der Waals surface area (Å²) in [7, 11) is 0. The highest BCUT2D eigenvalue weighted by Gasteiger charge is 2.31. The van der Waals surface area contributed by atoms with Crippen LogP contribution < -0.4 is 5.73 Å². The topological polar surface area (TPSA) is 138 Å². The summed E-state index contributed by atoms with van der Waals surface area (Å²) in [5.41, 5.74) is 5.22. The zero-order valence-corrected chi connectivity index (χ0v) is 11.2. The van der Waals surface area contributed by atoms with E-state index >= 15 is 0 Å². The van der Waals surface area contributed by atoms with Crippen molar-refractivity contribution >= 4 is 36.4 Å². The van der Waals surface area contributed by atoms with E-state index < -0.39 is 35.8 Å². The number of nitrogens with two attached hydrogens (primary N) is 1. The molecule has 0 aromatic heterocycles. The highest BCUT2D eigenvalue weighted by atomic mass is 32.1. The molecule has 0 aliphatic rings. The molecule has 0 aromatic carbocycles. The molecule has 0 unspecified atom stereocenters. The summed E-state index contributed by atoms with van der Waals surface area (Å²) in [5.74, 6) is -4.39. The predicted octanol–water partition coefficient (Wildman–Crippen LogP) is -1.06. The minimum Gasteiger partial charge on any atom is -0.480 e. The summed E-state index contributed by atoms with van der Waals surface area (Å²) in [6, 6.07) is -2.62. The minimum atomic E-state index is -1.38. The van der Waals surface area contributed by atoms with Gasteiger partial charge in [-0.05, 0) is 6.42 Å². The highest BCUT2D eigenvalue weighted by molar-refractivity contribution is 7.80. The molecule has 0 spiro atoms. The molecule has 19 heavy (non-hydrogen) atoms. The van der Waals surface area contributed by atoms with Gasteiger partial charge in [-0.3, -0.25) is 19.3 Å². The Balaban J connectivity index is 4.81. The maximum absolute atomic E-state index is 11.8. The second-order valence-corrected chi connectivity index (χ2v) is 4.17. The van der Waals surface area contributed by atoms with Crippen LogP contribution in [0.2, 0.25) is 0 Å². The Labute approximate surface area is 115 Å². The van der Waals surface area contributed by atoms with Gasteiger partial charge in [0.05, 0.1) is 0 Å². The third-order valence-electron chi connectivity index (χ3n) is 2.36. The second-order valence-electron chi connectivity index (χ2n) is 3.80. The quantitative estimate of drug-likeness (QED) is 0.438. The maximum atomic E-state index is 11.8. The lowest BCUT2D eigenvalue weighted by Gasteiger charge is -2.25. The fourth-order valence-corrected chi connectivity index (χ4v) is 1.68. The Morgan fingerprint density at radius 1 is 1.21 bits per heavy atom. The van der Waals surface area contributed by atoms with Crippen molar-refractivity contribution in [3.05, 3.63) is 0 Å². The van der Waals surface area contributed by atoms with Crippen LogP contribution in [0.1, 0.15) is 19.8 Å².